The SMILES string of the molecule is CCCC(OC(=O)O)(c1ccccc1)c1ccccc1. The summed E-state index contributed by atoms with van der Waals surface area (Å²) in [5, 5.41) is 9.18. The summed E-state index contributed by atoms with van der Waals surface area (Å²) in [6, 6.07) is 19.0. The summed E-state index contributed by atoms with van der Waals surface area (Å²) in [4.78, 5) is 11.2. The maximum Gasteiger partial charge on any atom is 0.507 e. The van der Waals surface area contributed by atoms with E-state index in [0.29, 0.717) is 6.42 Å². The summed E-state index contributed by atoms with van der Waals surface area (Å²) in [5.41, 5.74) is 0.772. The number of hydrogen-bond donors (Lipinski definition) is 1. The van der Waals surface area contributed by atoms with E-state index in [1.54, 1.807) is 0 Å². The Kier molecular flexibility index (Phi) is 4.41. The maximum absolute atomic E-state index is 11.2. The van der Waals surface area contributed by atoms with Crippen LogP contribution < -0.4 is 0 Å². The van der Waals surface area contributed by atoms with Crippen molar-refractivity contribution in [1.29, 1.82) is 0 Å². The first-order chi connectivity index (χ1) is 9.69. The Bertz CT molecular complexity index is 509. The van der Waals surface area contributed by atoms with Gasteiger partial charge in [-0.2, -0.15) is 0 Å². The lowest BCUT2D eigenvalue weighted by atomic mass is 9.82. The van der Waals surface area contributed by atoms with Crippen molar-refractivity contribution < 1.29 is 14.6 Å². The lowest BCUT2D eigenvalue weighted by Crippen LogP contribution is -2.33. The van der Waals surface area contributed by atoms with E-state index < -0.39 is 11.8 Å². The van der Waals surface area contributed by atoms with Crippen molar-refractivity contribution in [2.45, 2.75) is 25.4 Å². The molecule has 20 heavy (non-hydrogen) atoms. The molecule has 1 N–H and O–H groups in total. The third kappa shape index (κ3) is 2.82. The fourth-order valence-electron chi connectivity index (χ4n) is 2.54. The predicted molar refractivity (Wildman–Crippen MR) is 77.7 cm³/mol. The highest BCUT2D eigenvalue weighted by Crippen LogP contribution is 2.38. The van der Waals surface area contributed by atoms with Crippen LogP contribution in [0.15, 0.2) is 60.7 Å². The van der Waals surface area contributed by atoms with Gasteiger partial charge in [0, 0.05) is 11.1 Å². The van der Waals surface area contributed by atoms with E-state index >= 15 is 0 Å². The highest BCUT2D eigenvalue weighted by atomic mass is 16.7. The van der Waals surface area contributed by atoms with Gasteiger partial charge in [-0.05, 0) is 6.42 Å². The average Bonchev–Trinajstić information content (AvgIpc) is 2.48. The van der Waals surface area contributed by atoms with Crippen molar-refractivity contribution in [2.75, 3.05) is 0 Å². The molecule has 2 rings (SSSR count). The van der Waals surface area contributed by atoms with E-state index in [0.717, 1.165) is 17.5 Å². The Morgan fingerprint density at radius 3 is 1.80 bits per heavy atom. The molecule has 3 nitrogen and oxygen atoms in total. The van der Waals surface area contributed by atoms with Crippen molar-refractivity contribution in [2.24, 2.45) is 0 Å². The van der Waals surface area contributed by atoms with Gasteiger partial charge in [0.1, 0.15) is 0 Å². The molecule has 0 aromatic heterocycles. The molecular formula is C17H18O3. The Morgan fingerprint density at radius 2 is 1.45 bits per heavy atom. The van der Waals surface area contributed by atoms with Crippen LogP contribution in [0.2, 0.25) is 0 Å². The van der Waals surface area contributed by atoms with Crippen LogP contribution in [-0.2, 0) is 10.3 Å². The smallest absolute Gasteiger partial charge is 0.450 e. The Balaban J connectivity index is 2.59. The normalized spacial score (nSPS) is 11.1. The summed E-state index contributed by atoms with van der Waals surface area (Å²) < 4.78 is 5.37. The molecule has 2 aromatic carbocycles. The van der Waals surface area contributed by atoms with Gasteiger partial charge in [0.25, 0.3) is 0 Å². The first-order valence-corrected chi connectivity index (χ1v) is 6.72. The number of ether oxygens (including phenoxy) is 1. The molecular weight excluding hydrogens is 252 g/mol. The maximum atomic E-state index is 11.2. The van der Waals surface area contributed by atoms with E-state index in [2.05, 4.69) is 0 Å². The number of hydrogen-bond acceptors (Lipinski definition) is 2. The van der Waals surface area contributed by atoms with Crippen LogP contribution >= 0.6 is 0 Å². The molecule has 0 aliphatic heterocycles. The highest BCUT2D eigenvalue weighted by molar-refractivity contribution is 5.59. The van der Waals surface area contributed by atoms with Gasteiger partial charge in [-0.1, -0.05) is 74.0 Å². The van der Waals surface area contributed by atoms with Crippen LogP contribution in [0.3, 0.4) is 0 Å². The highest BCUT2D eigenvalue weighted by Gasteiger charge is 2.37. The first kappa shape index (κ1) is 14.1. The van der Waals surface area contributed by atoms with E-state index in [1.807, 2.05) is 67.6 Å². The van der Waals surface area contributed by atoms with Crippen LogP contribution in [0.5, 0.6) is 0 Å². The van der Waals surface area contributed by atoms with Crippen molar-refractivity contribution in [3.8, 4) is 0 Å². The van der Waals surface area contributed by atoms with Crippen LogP contribution in [0.1, 0.15) is 30.9 Å². The number of carbonyl (C=O) groups is 1. The van der Waals surface area contributed by atoms with Crippen molar-refractivity contribution in [3.63, 3.8) is 0 Å². The number of carboxylic acid groups (broad SMARTS) is 1. The summed E-state index contributed by atoms with van der Waals surface area (Å²) in [6.07, 6.45) is 0.163. The summed E-state index contributed by atoms with van der Waals surface area (Å²) in [7, 11) is 0. The Labute approximate surface area is 118 Å². The van der Waals surface area contributed by atoms with Gasteiger partial charge in [-0.25, -0.2) is 4.79 Å². The first-order valence-electron chi connectivity index (χ1n) is 6.72. The molecule has 0 fully saturated rings. The standard InChI is InChI=1S/C17H18O3/c1-2-13-17(20-16(18)19,14-9-5-3-6-10-14)15-11-7-4-8-12-15/h3-12H,2,13H2,1H3,(H,18,19). The average molecular weight is 270 g/mol. The molecule has 0 spiro atoms. The van der Waals surface area contributed by atoms with E-state index in [-0.39, 0.29) is 0 Å². The molecule has 0 unspecified atom stereocenters. The third-order valence-corrected chi connectivity index (χ3v) is 3.34. The Hall–Kier alpha value is -2.29. The van der Waals surface area contributed by atoms with Gasteiger partial charge >= 0.3 is 6.16 Å². The minimum absolute atomic E-state index is 0.604. The number of rotatable bonds is 5. The zero-order chi connectivity index (χ0) is 14.4. The minimum atomic E-state index is -1.26. The molecule has 0 heterocycles. The van der Waals surface area contributed by atoms with E-state index in [9.17, 15) is 9.90 Å². The van der Waals surface area contributed by atoms with Gasteiger partial charge in [0.05, 0.1) is 0 Å². The second kappa shape index (κ2) is 6.24. The van der Waals surface area contributed by atoms with Gasteiger partial charge in [0.2, 0.25) is 0 Å². The molecule has 0 aliphatic rings. The van der Waals surface area contributed by atoms with Crippen LogP contribution in [0.4, 0.5) is 4.79 Å². The van der Waals surface area contributed by atoms with Gasteiger partial charge in [-0.3, -0.25) is 0 Å². The molecule has 0 bridgehead atoms. The predicted octanol–water partition coefficient (Wildman–Crippen LogP) is 4.42. The quantitative estimate of drug-likeness (QED) is 0.818. The zero-order valence-electron chi connectivity index (χ0n) is 11.5. The second-order valence-corrected chi connectivity index (χ2v) is 4.68. The lowest BCUT2D eigenvalue weighted by Gasteiger charge is -2.33. The lowest BCUT2D eigenvalue weighted by molar-refractivity contribution is -0.00253. The fraction of sp³-hybridized carbons (Fsp3) is 0.235. The molecule has 104 valence electrons. The molecule has 2 aromatic rings. The third-order valence-electron chi connectivity index (χ3n) is 3.34. The van der Waals surface area contributed by atoms with Crippen LogP contribution in [0.25, 0.3) is 0 Å². The van der Waals surface area contributed by atoms with E-state index in [1.165, 1.54) is 0 Å². The van der Waals surface area contributed by atoms with Gasteiger partial charge in [-0.15, -0.1) is 0 Å². The summed E-state index contributed by atoms with van der Waals surface area (Å²) in [6.45, 7) is 2.02. The second-order valence-electron chi connectivity index (χ2n) is 4.68. The largest absolute Gasteiger partial charge is 0.507 e. The molecule has 0 saturated carbocycles. The molecule has 0 radical (unpaired) electrons. The van der Waals surface area contributed by atoms with Crippen molar-refractivity contribution in [1.82, 2.24) is 0 Å². The monoisotopic (exact) mass is 270 g/mol. The van der Waals surface area contributed by atoms with Crippen LogP contribution in [-0.4, -0.2) is 11.3 Å². The summed E-state index contributed by atoms with van der Waals surface area (Å²) >= 11 is 0. The van der Waals surface area contributed by atoms with E-state index in [4.69, 9.17) is 4.74 Å². The zero-order valence-corrected chi connectivity index (χ0v) is 11.5. The fourth-order valence-corrected chi connectivity index (χ4v) is 2.54. The Morgan fingerprint density at radius 1 is 1.00 bits per heavy atom. The molecule has 0 aliphatic carbocycles. The molecule has 0 amide bonds. The summed E-state index contributed by atoms with van der Waals surface area (Å²) in [5.74, 6) is 0. The molecule has 0 atom stereocenters. The van der Waals surface area contributed by atoms with Gasteiger partial charge < -0.3 is 9.84 Å². The number of benzene rings is 2. The van der Waals surface area contributed by atoms with Gasteiger partial charge in [0.15, 0.2) is 5.60 Å². The van der Waals surface area contributed by atoms with Crippen molar-refractivity contribution in [3.05, 3.63) is 71.8 Å². The van der Waals surface area contributed by atoms with Crippen LogP contribution in [0, 0.1) is 0 Å². The van der Waals surface area contributed by atoms with Crippen molar-refractivity contribution >= 4 is 6.16 Å². The minimum Gasteiger partial charge on any atom is -0.450 e. The molecule has 3 heteroatoms. The topological polar surface area (TPSA) is 46.5 Å². The molecule has 0 saturated heterocycles.